The van der Waals surface area contributed by atoms with E-state index in [2.05, 4.69) is 0 Å². The molecule has 2 aromatic carbocycles. The van der Waals surface area contributed by atoms with E-state index in [0.717, 1.165) is 5.56 Å². The van der Waals surface area contributed by atoms with Crippen molar-refractivity contribution in [2.45, 2.75) is 6.10 Å². The van der Waals surface area contributed by atoms with Crippen molar-refractivity contribution in [1.82, 2.24) is 4.90 Å². The first-order valence-corrected chi connectivity index (χ1v) is 7.43. The van der Waals surface area contributed by atoms with Crippen LogP contribution in [0.3, 0.4) is 0 Å². The maximum absolute atomic E-state index is 13.0. The van der Waals surface area contributed by atoms with Crippen molar-refractivity contribution in [2.24, 2.45) is 0 Å². The zero-order chi connectivity index (χ0) is 15.5. The van der Waals surface area contributed by atoms with Crippen molar-refractivity contribution in [3.63, 3.8) is 0 Å². The molecule has 3 nitrogen and oxygen atoms in total. The molecule has 1 atom stereocenters. The first-order valence-electron chi connectivity index (χ1n) is 7.05. The van der Waals surface area contributed by atoms with Gasteiger partial charge in [-0.05, 0) is 42.0 Å². The van der Waals surface area contributed by atoms with E-state index in [1.54, 1.807) is 11.0 Å². The molecule has 1 unspecified atom stereocenters. The van der Waals surface area contributed by atoms with Crippen LogP contribution in [0.5, 0.6) is 0 Å². The second kappa shape index (κ2) is 6.46. The number of nitrogens with zero attached hydrogens (tertiary/aromatic N) is 1. The van der Waals surface area contributed by atoms with Crippen LogP contribution < -0.4 is 0 Å². The van der Waals surface area contributed by atoms with Gasteiger partial charge < -0.3 is 9.64 Å². The SMILES string of the molecule is O=C(c1ccc(F)cc1)N1CCOC(c2cccc(Cl)c2)C1. The molecule has 114 valence electrons. The number of carbonyl (C=O) groups is 1. The van der Waals surface area contributed by atoms with Gasteiger partial charge in [-0.2, -0.15) is 0 Å². The quantitative estimate of drug-likeness (QED) is 0.845. The Morgan fingerprint density at radius 1 is 1.23 bits per heavy atom. The third-order valence-electron chi connectivity index (χ3n) is 3.67. The van der Waals surface area contributed by atoms with Crippen LogP contribution in [0.4, 0.5) is 4.39 Å². The third-order valence-corrected chi connectivity index (χ3v) is 3.90. The molecule has 3 rings (SSSR count). The zero-order valence-electron chi connectivity index (χ0n) is 11.8. The molecule has 1 aliphatic heterocycles. The van der Waals surface area contributed by atoms with Gasteiger partial charge in [0.2, 0.25) is 0 Å². The summed E-state index contributed by atoms with van der Waals surface area (Å²) in [6.07, 6.45) is -0.197. The number of rotatable bonds is 2. The first kappa shape index (κ1) is 15.0. The Morgan fingerprint density at radius 3 is 2.73 bits per heavy atom. The number of ether oxygens (including phenoxy) is 1. The smallest absolute Gasteiger partial charge is 0.254 e. The molecule has 2 aromatic rings. The molecule has 0 spiro atoms. The molecule has 1 heterocycles. The van der Waals surface area contributed by atoms with Gasteiger partial charge in [-0.25, -0.2) is 4.39 Å². The van der Waals surface area contributed by atoms with Gasteiger partial charge >= 0.3 is 0 Å². The molecule has 0 bridgehead atoms. The summed E-state index contributed by atoms with van der Waals surface area (Å²) in [5.74, 6) is -0.467. The van der Waals surface area contributed by atoms with Gasteiger partial charge in [0.15, 0.2) is 0 Å². The second-order valence-electron chi connectivity index (χ2n) is 5.17. The molecule has 1 amide bonds. The van der Waals surface area contributed by atoms with Gasteiger partial charge in [0.1, 0.15) is 11.9 Å². The van der Waals surface area contributed by atoms with Crippen LogP contribution >= 0.6 is 11.6 Å². The molecule has 5 heteroatoms. The summed E-state index contributed by atoms with van der Waals surface area (Å²) in [7, 11) is 0. The summed E-state index contributed by atoms with van der Waals surface area (Å²) in [5, 5.41) is 0.642. The minimum atomic E-state index is -0.352. The number of morpholine rings is 1. The highest BCUT2D eigenvalue weighted by atomic mass is 35.5. The molecule has 0 N–H and O–H groups in total. The predicted octanol–water partition coefficient (Wildman–Crippen LogP) is 3.69. The Kier molecular flexibility index (Phi) is 4.41. The second-order valence-corrected chi connectivity index (χ2v) is 5.61. The normalized spacial score (nSPS) is 18.3. The summed E-state index contributed by atoms with van der Waals surface area (Å²) in [4.78, 5) is 14.2. The lowest BCUT2D eigenvalue weighted by Crippen LogP contribution is -2.42. The minimum Gasteiger partial charge on any atom is -0.370 e. The molecule has 0 saturated carbocycles. The molecular weight excluding hydrogens is 305 g/mol. The van der Waals surface area contributed by atoms with Gasteiger partial charge in [0, 0.05) is 17.1 Å². The van der Waals surface area contributed by atoms with Crippen molar-refractivity contribution < 1.29 is 13.9 Å². The van der Waals surface area contributed by atoms with Crippen LogP contribution in [0.15, 0.2) is 48.5 Å². The summed E-state index contributed by atoms with van der Waals surface area (Å²) >= 11 is 6.00. The Balaban J connectivity index is 1.75. The van der Waals surface area contributed by atoms with Gasteiger partial charge in [-0.1, -0.05) is 23.7 Å². The van der Waals surface area contributed by atoms with Gasteiger partial charge in [0.05, 0.1) is 13.2 Å². The van der Waals surface area contributed by atoms with Crippen molar-refractivity contribution in [2.75, 3.05) is 19.7 Å². The Bertz CT molecular complexity index is 675. The fourth-order valence-corrected chi connectivity index (χ4v) is 2.72. The Morgan fingerprint density at radius 2 is 2.00 bits per heavy atom. The molecule has 0 aliphatic carbocycles. The van der Waals surface area contributed by atoms with E-state index in [9.17, 15) is 9.18 Å². The highest BCUT2D eigenvalue weighted by molar-refractivity contribution is 6.30. The van der Waals surface area contributed by atoms with Crippen molar-refractivity contribution >= 4 is 17.5 Å². The van der Waals surface area contributed by atoms with E-state index >= 15 is 0 Å². The largest absolute Gasteiger partial charge is 0.370 e. The van der Waals surface area contributed by atoms with Crippen LogP contribution in [0.25, 0.3) is 0 Å². The third kappa shape index (κ3) is 3.29. The van der Waals surface area contributed by atoms with E-state index in [1.807, 2.05) is 18.2 Å². The summed E-state index contributed by atoms with van der Waals surface area (Å²) in [5.41, 5.74) is 1.43. The fourth-order valence-electron chi connectivity index (χ4n) is 2.52. The lowest BCUT2D eigenvalue weighted by Gasteiger charge is -2.33. The summed E-state index contributed by atoms with van der Waals surface area (Å²) in [6, 6.07) is 13.0. The van der Waals surface area contributed by atoms with Gasteiger partial charge in [0.25, 0.3) is 5.91 Å². The van der Waals surface area contributed by atoms with E-state index in [0.29, 0.717) is 30.3 Å². The maximum atomic E-state index is 13.0. The lowest BCUT2D eigenvalue weighted by molar-refractivity contribution is -0.0228. The van der Waals surface area contributed by atoms with Crippen LogP contribution in [0.1, 0.15) is 22.0 Å². The molecule has 0 radical (unpaired) electrons. The van der Waals surface area contributed by atoms with E-state index in [1.165, 1.54) is 24.3 Å². The van der Waals surface area contributed by atoms with E-state index in [4.69, 9.17) is 16.3 Å². The van der Waals surface area contributed by atoms with E-state index in [-0.39, 0.29) is 17.8 Å². The monoisotopic (exact) mass is 319 g/mol. The number of hydrogen-bond acceptors (Lipinski definition) is 2. The topological polar surface area (TPSA) is 29.5 Å². The number of amides is 1. The average molecular weight is 320 g/mol. The molecule has 1 fully saturated rings. The average Bonchev–Trinajstić information content (AvgIpc) is 2.55. The molecule has 1 aliphatic rings. The number of halogens is 2. The summed E-state index contributed by atoms with van der Waals surface area (Å²) < 4.78 is 18.7. The number of hydrogen-bond donors (Lipinski definition) is 0. The van der Waals surface area contributed by atoms with Crippen LogP contribution in [-0.4, -0.2) is 30.5 Å². The number of benzene rings is 2. The van der Waals surface area contributed by atoms with Crippen LogP contribution in [0.2, 0.25) is 5.02 Å². The van der Waals surface area contributed by atoms with Gasteiger partial charge in [-0.15, -0.1) is 0 Å². The van der Waals surface area contributed by atoms with Crippen molar-refractivity contribution in [3.05, 3.63) is 70.5 Å². The lowest BCUT2D eigenvalue weighted by atomic mass is 10.1. The van der Waals surface area contributed by atoms with Crippen molar-refractivity contribution in [3.8, 4) is 0 Å². The van der Waals surface area contributed by atoms with Gasteiger partial charge in [-0.3, -0.25) is 4.79 Å². The standard InChI is InChI=1S/C17H15ClFNO2/c18-14-3-1-2-13(10-14)16-11-20(8-9-22-16)17(21)12-4-6-15(19)7-5-12/h1-7,10,16H,8-9,11H2. The number of carbonyl (C=O) groups excluding carboxylic acids is 1. The molecule has 0 aromatic heterocycles. The predicted molar refractivity (Wildman–Crippen MR) is 82.4 cm³/mol. The van der Waals surface area contributed by atoms with Crippen molar-refractivity contribution in [1.29, 1.82) is 0 Å². The highest BCUT2D eigenvalue weighted by Crippen LogP contribution is 2.25. The van der Waals surface area contributed by atoms with Crippen LogP contribution in [0, 0.1) is 5.82 Å². The first-order chi connectivity index (χ1) is 10.6. The molecular formula is C17H15ClFNO2. The fraction of sp³-hybridized carbons (Fsp3) is 0.235. The molecule has 22 heavy (non-hydrogen) atoms. The Labute approximate surface area is 133 Å². The maximum Gasteiger partial charge on any atom is 0.254 e. The van der Waals surface area contributed by atoms with Crippen LogP contribution in [-0.2, 0) is 4.74 Å². The Hall–Kier alpha value is -1.91. The van der Waals surface area contributed by atoms with E-state index < -0.39 is 0 Å². The zero-order valence-corrected chi connectivity index (χ0v) is 12.6. The minimum absolute atomic E-state index is 0.115. The molecule has 1 saturated heterocycles. The summed E-state index contributed by atoms with van der Waals surface area (Å²) in [6.45, 7) is 1.44. The highest BCUT2D eigenvalue weighted by Gasteiger charge is 2.26.